The molecule has 2 aromatic heterocycles. The van der Waals surface area contributed by atoms with Crippen molar-refractivity contribution in [2.24, 2.45) is 4.99 Å². The normalized spacial score (nSPS) is 16.4. The number of carbonyl (C=O) groups is 1. The molecular formula is C15H18N6O. The lowest BCUT2D eigenvalue weighted by atomic mass is 10.2. The number of aromatic amines is 1. The minimum atomic E-state index is -0.203. The molecule has 1 aliphatic heterocycles. The van der Waals surface area contributed by atoms with Crippen LogP contribution in [0.25, 0.3) is 17.1 Å². The number of hydrogen-bond donors (Lipinski definition) is 3. The van der Waals surface area contributed by atoms with Gasteiger partial charge in [0.15, 0.2) is 0 Å². The molecule has 0 aliphatic carbocycles. The molecule has 22 heavy (non-hydrogen) atoms. The number of guanidine groups is 1. The first kappa shape index (κ1) is 14.3. The number of nitrogens with zero attached hydrogens (tertiary/aromatic N) is 3. The van der Waals surface area contributed by atoms with E-state index < -0.39 is 0 Å². The zero-order valence-electron chi connectivity index (χ0n) is 12.6. The zero-order chi connectivity index (χ0) is 15.5. The number of aliphatic imine (C=N–C) groups is 1. The first-order valence-electron chi connectivity index (χ1n) is 7.06. The van der Waals surface area contributed by atoms with E-state index in [1.54, 1.807) is 12.3 Å². The molecule has 114 valence electrons. The van der Waals surface area contributed by atoms with Crippen LogP contribution in [0.5, 0.6) is 0 Å². The number of pyridine rings is 1. The van der Waals surface area contributed by atoms with E-state index in [1.807, 2.05) is 32.4 Å². The molecule has 7 nitrogen and oxygen atoms in total. The van der Waals surface area contributed by atoms with Crippen molar-refractivity contribution in [3.05, 3.63) is 35.8 Å². The summed E-state index contributed by atoms with van der Waals surface area (Å²) in [5, 5.41) is 6.80. The van der Waals surface area contributed by atoms with Gasteiger partial charge < -0.3 is 15.2 Å². The van der Waals surface area contributed by atoms with Gasteiger partial charge in [-0.3, -0.25) is 10.1 Å². The lowest BCUT2D eigenvalue weighted by Gasteiger charge is -2.10. The van der Waals surface area contributed by atoms with E-state index >= 15 is 0 Å². The summed E-state index contributed by atoms with van der Waals surface area (Å²) in [6.07, 6.45) is 5.31. The van der Waals surface area contributed by atoms with Gasteiger partial charge in [-0.05, 0) is 32.3 Å². The van der Waals surface area contributed by atoms with Crippen LogP contribution in [0.2, 0.25) is 0 Å². The maximum Gasteiger partial charge on any atom is 0.276 e. The Morgan fingerprint density at radius 1 is 1.41 bits per heavy atom. The minimum Gasteiger partial charge on any atom is -0.354 e. The Morgan fingerprint density at radius 2 is 2.27 bits per heavy atom. The molecule has 0 saturated heterocycles. The predicted octanol–water partition coefficient (Wildman–Crippen LogP) is 0.541. The Balaban J connectivity index is 1.78. The summed E-state index contributed by atoms with van der Waals surface area (Å²) in [6, 6.07) is 3.82. The van der Waals surface area contributed by atoms with Crippen LogP contribution >= 0.6 is 0 Å². The van der Waals surface area contributed by atoms with Gasteiger partial charge in [-0.1, -0.05) is 0 Å². The molecule has 0 saturated carbocycles. The van der Waals surface area contributed by atoms with Crippen molar-refractivity contribution in [1.82, 2.24) is 25.5 Å². The monoisotopic (exact) mass is 298 g/mol. The zero-order valence-corrected chi connectivity index (χ0v) is 12.6. The lowest BCUT2D eigenvalue weighted by molar-refractivity contribution is -0.115. The van der Waals surface area contributed by atoms with E-state index in [0.29, 0.717) is 11.7 Å². The number of aromatic nitrogens is 2. The van der Waals surface area contributed by atoms with Crippen molar-refractivity contribution in [3.63, 3.8) is 0 Å². The Kier molecular flexibility index (Phi) is 3.88. The minimum absolute atomic E-state index is 0.203. The molecule has 0 unspecified atom stereocenters. The second-order valence-electron chi connectivity index (χ2n) is 5.32. The lowest BCUT2D eigenvalue weighted by Crippen LogP contribution is -2.39. The number of amides is 1. The summed E-state index contributed by atoms with van der Waals surface area (Å²) >= 11 is 0. The van der Waals surface area contributed by atoms with E-state index in [-0.39, 0.29) is 5.91 Å². The summed E-state index contributed by atoms with van der Waals surface area (Å²) in [5.41, 5.74) is 2.07. The number of nitrogens with one attached hydrogen (secondary N) is 3. The highest BCUT2D eigenvalue weighted by Gasteiger charge is 2.20. The van der Waals surface area contributed by atoms with Crippen LogP contribution in [0.4, 0.5) is 0 Å². The molecule has 0 bridgehead atoms. The maximum atomic E-state index is 12.0. The van der Waals surface area contributed by atoms with Crippen molar-refractivity contribution in [3.8, 4) is 0 Å². The van der Waals surface area contributed by atoms with E-state index in [4.69, 9.17) is 0 Å². The van der Waals surface area contributed by atoms with Crippen LogP contribution < -0.4 is 10.6 Å². The van der Waals surface area contributed by atoms with Gasteiger partial charge in [0, 0.05) is 36.4 Å². The summed E-state index contributed by atoms with van der Waals surface area (Å²) in [6.45, 7) is 1.58. The smallest absolute Gasteiger partial charge is 0.276 e. The number of fused-ring (bicyclic) bond motifs is 1. The van der Waals surface area contributed by atoms with Crippen molar-refractivity contribution in [1.29, 1.82) is 0 Å². The van der Waals surface area contributed by atoms with E-state index in [1.165, 1.54) is 0 Å². The van der Waals surface area contributed by atoms with E-state index in [2.05, 4.69) is 30.5 Å². The Bertz CT molecular complexity index is 758. The second-order valence-corrected chi connectivity index (χ2v) is 5.32. The Morgan fingerprint density at radius 3 is 3.09 bits per heavy atom. The summed E-state index contributed by atoms with van der Waals surface area (Å²) < 4.78 is 0. The van der Waals surface area contributed by atoms with Crippen LogP contribution in [0.1, 0.15) is 5.56 Å². The second kappa shape index (κ2) is 5.98. The highest BCUT2D eigenvalue weighted by Crippen LogP contribution is 2.20. The number of carbonyl (C=O) groups excluding carboxylic acids is 1. The van der Waals surface area contributed by atoms with Crippen molar-refractivity contribution in [2.45, 2.75) is 0 Å². The van der Waals surface area contributed by atoms with Crippen LogP contribution in [0.15, 0.2) is 35.2 Å². The number of hydrogen-bond acceptors (Lipinski definition) is 5. The van der Waals surface area contributed by atoms with Gasteiger partial charge in [0.25, 0.3) is 5.91 Å². The molecule has 3 N–H and O–H groups in total. The van der Waals surface area contributed by atoms with Gasteiger partial charge in [-0.15, -0.1) is 0 Å². The van der Waals surface area contributed by atoms with Gasteiger partial charge in [-0.25, -0.2) is 9.98 Å². The molecular weight excluding hydrogens is 280 g/mol. The van der Waals surface area contributed by atoms with Crippen LogP contribution in [-0.4, -0.2) is 53.9 Å². The molecule has 0 spiro atoms. The molecule has 0 aromatic carbocycles. The highest BCUT2D eigenvalue weighted by molar-refractivity contribution is 6.14. The van der Waals surface area contributed by atoms with Crippen molar-refractivity contribution >= 4 is 29.0 Å². The van der Waals surface area contributed by atoms with Gasteiger partial charge in [0.1, 0.15) is 11.3 Å². The third-order valence-corrected chi connectivity index (χ3v) is 3.32. The fourth-order valence-corrected chi connectivity index (χ4v) is 2.19. The van der Waals surface area contributed by atoms with Crippen molar-refractivity contribution in [2.75, 3.05) is 27.2 Å². The first-order valence-corrected chi connectivity index (χ1v) is 7.06. The van der Waals surface area contributed by atoms with Crippen molar-refractivity contribution < 1.29 is 4.79 Å². The molecule has 0 fully saturated rings. The Hall–Kier alpha value is -2.67. The topological polar surface area (TPSA) is 85.4 Å². The third-order valence-electron chi connectivity index (χ3n) is 3.32. The molecule has 3 heterocycles. The number of H-pyrrole nitrogens is 1. The standard InChI is InChI=1S/C15H18N6O/c1-21(2)7-6-17-15-19-12(14(22)20-15)8-10-9-18-13-11(10)4-3-5-16-13/h3-5,8-9H,6-7H2,1-2H3,(H,16,18)(H2,17,19,20,22)/b12-8-. The molecule has 7 heteroatoms. The largest absolute Gasteiger partial charge is 0.354 e. The average molecular weight is 298 g/mol. The molecule has 2 aromatic rings. The summed E-state index contributed by atoms with van der Waals surface area (Å²) in [4.78, 5) is 25.6. The van der Waals surface area contributed by atoms with Crippen LogP contribution in [-0.2, 0) is 4.79 Å². The fraction of sp³-hybridized carbons (Fsp3) is 0.267. The van der Waals surface area contributed by atoms with Gasteiger partial charge in [0.05, 0.1) is 0 Å². The molecule has 0 radical (unpaired) electrons. The summed E-state index contributed by atoms with van der Waals surface area (Å²) in [5.74, 6) is 0.293. The predicted molar refractivity (Wildman–Crippen MR) is 86.2 cm³/mol. The summed E-state index contributed by atoms with van der Waals surface area (Å²) in [7, 11) is 3.99. The van der Waals surface area contributed by atoms with Gasteiger partial charge >= 0.3 is 0 Å². The molecule has 0 atom stereocenters. The number of likely N-dealkylation sites (N-methyl/N-ethyl adjacent to an activating group) is 1. The van der Waals surface area contributed by atoms with Gasteiger partial charge in [-0.2, -0.15) is 0 Å². The molecule has 3 rings (SSSR count). The Labute approximate surface area is 128 Å². The molecule has 1 aliphatic rings. The van der Waals surface area contributed by atoms with Gasteiger partial charge in [0.2, 0.25) is 5.96 Å². The SMILES string of the molecule is CN(C)CCNC1=N/C(=C\c2c[nH]c3ncccc23)C(=O)N1. The van der Waals surface area contributed by atoms with E-state index in [9.17, 15) is 4.79 Å². The molecule has 1 amide bonds. The quantitative estimate of drug-likeness (QED) is 0.719. The average Bonchev–Trinajstić information content (AvgIpc) is 3.04. The fourth-order valence-electron chi connectivity index (χ4n) is 2.19. The highest BCUT2D eigenvalue weighted by atomic mass is 16.2. The van der Waals surface area contributed by atoms with Crippen LogP contribution in [0.3, 0.4) is 0 Å². The maximum absolute atomic E-state index is 12.0. The first-order chi connectivity index (χ1) is 10.6. The third kappa shape index (κ3) is 2.99. The van der Waals surface area contributed by atoms with E-state index in [0.717, 1.165) is 29.7 Å². The number of rotatable bonds is 4. The van der Waals surface area contributed by atoms with Crippen LogP contribution in [0, 0.1) is 0 Å².